The van der Waals surface area contributed by atoms with Gasteiger partial charge in [-0.15, -0.1) is 23.4 Å². The lowest BCUT2D eigenvalue weighted by Crippen LogP contribution is -2.77. The predicted molar refractivity (Wildman–Crippen MR) is 95.8 cm³/mol. The number of halogens is 6. The van der Waals surface area contributed by atoms with Crippen molar-refractivity contribution in [2.45, 2.75) is 73.7 Å². The first-order valence-corrected chi connectivity index (χ1v) is 10.6. The van der Waals surface area contributed by atoms with Crippen molar-refractivity contribution in [3.63, 3.8) is 0 Å². The van der Waals surface area contributed by atoms with E-state index < -0.39 is 25.2 Å². The van der Waals surface area contributed by atoms with E-state index in [0.29, 0.717) is 31.0 Å². The van der Waals surface area contributed by atoms with Gasteiger partial charge in [-0.05, 0) is 32.1 Å². The van der Waals surface area contributed by atoms with Crippen molar-refractivity contribution in [1.82, 2.24) is 20.4 Å². The Morgan fingerprint density at radius 1 is 1.09 bits per heavy atom. The van der Waals surface area contributed by atoms with E-state index in [-0.39, 0.29) is 61.4 Å². The monoisotopic (exact) mass is 484 g/mol. The minimum atomic E-state index is -4.66. The normalized spacial score (nSPS) is 34.1. The molecule has 14 heteroatoms. The van der Waals surface area contributed by atoms with Crippen molar-refractivity contribution in [3.8, 4) is 0 Å². The van der Waals surface area contributed by atoms with Gasteiger partial charge < -0.3 is 14.5 Å². The summed E-state index contributed by atoms with van der Waals surface area (Å²) in [5.41, 5.74) is -0.698. The molecule has 1 N–H and O–H groups in total. The number of hydrogen-bond donors (Lipinski definition) is 1. The summed E-state index contributed by atoms with van der Waals surface area (Å²) in [6.07, 6.45) is -8.01. The predicted octanol–water partition coefficient (Wildman–Crippen LogP) is 2.41. The fourth-order valence-electron chi connectivity index (χ4n) is 5.35. The number of aromatic nitrogens is 2. The molecule has 33 heavy (non-hydrogen) atoms. The molecule has 1 saturated heterocycles. The van der Waals surface area contributed by atoms with Gasteiger partial charge in [-0.25, -0.2) is 0 Å². The molecule has 1 aromatic rings. The molecule has 0 radical (unpaired) electrons. The number of alkyl halides is 6. The van der Waals surface area contributed by atoms with E-state index in [9.17, 15) is 31.1 Å². The number of rotatable bonds is 8. The number of likely N-dealkylation sites (tertiary alicyclic amines) is 1. The molecule has 2 heterocycles. The molecular formula is C19H22F6N4O4. The lowest BCUT2D eigenvalue weighted by Gasteiger charge is -2.68. The SMILES string of the molecule is O=C(COC1CN(CC(F)(F)F)C1)NC12CC(c3nnc([C@H]4C[C@@H](OC(F)(F)F)C4)o3)(C1)C2. The molecule has 1 aliphatic heterocycles. The highest BCUT2D eigenvalue weighted by atomic mass is 19.4. The minimum absolute atomic E-state index is 0.143. The quantitative estimate of drug-likeness (QED) is 0.567. The van der Waals surface area contributed by atoms with Crippen molar-refractivity contribution in [2.24, 2.45) is 0 Å². The van der Waals surface area contributed by atoms with Gasteiger partial charge in [0, 0.05) is 24.5 Å². The summed E-state index contributed by atoms with van der Waals surface area (Å²) in [5.74, 6) is 0.164. The molecule has 0 atom stereocenters. The number of carbonyl (C=O) groups excluding carboxylic acids is 1. The molecule has 4 saturated carbocycles. The Kier molecular flexibility index (Phi) is 5.22. The van der Waals surface area contributed by atoms with Crippen molar-refractivity contribution in [3.05, 3.63) is 11.8 Å². The van der Waals surface area contributed by atoms with Gasteiger partial charge in [-0.2, -0.15) is 13.2 Å². The van der Waals surface area contributed by atoms with Crippen molar-refractivity contribution in [2.75, 3.05) is 26.2 Å². The molecule has 184 valence electrons. The Bertz CT molecular complexity index is 887. The van der Waals surface area contributed by atoms with E-state index in [0.717, 1.165) is 0 Å². The Balaban J connectivity index is 1.01. The van der Waals surface area contributed by atoms with Gasteiger partial charge in [0.1, 0.15) is 6.61 Å². The van der Waals surface area contributed by atoms with Crippen LogP contribution in [-0.2, 0) is 19.7 Å². The molecule has 6 rings (SSSR count). The van der Waals surface area contributed by atoms with Crippen LogP contribution in [0.15, 0.2) is 4.42 Å². The van der Waals surface area contributed by atoms with Crippen LogP contribution in [0.4, 0.5) is 26.3 Å². The van der Waals surface area contributed by atoms with Gasteiger partial charge in [0.15, 0.2) is 0 Å². The zero-order chi connectivity index (χ0) is 23.6. The summed E-state index contributed by atoms with van der Waals surface area (Å²) in [7, 11) is 0. The zero-order valence-corrected chi connectivity index (χ0v) is 17.3. The average molecular weight is 484 g/mol. The summed E-state index contributed by atoms with van der Waals surface area (Å²) in [4.78, 5) is 13.4. The first kappa shape index (κ1) is 22.8. The maximum Gasteiger partial charge on any atom is 0.522 e. The van der Waals surface area contributed by atoms with E-state index >= 15 is 0 Å². The standard InChI is InChI=1S/C19H22F6N4O4/c20-18(21,22)9-29-3-12(4-29)31-5-13(30)26-17-6-16(7-17,8-17)15-28-27-14(32-15)10-1-11(2-10)33-19(23,24)25/h10-12H,1-9H2,(H,26,30)/t10-,11+,16?,17?. The third-order valence-electron chi connectivity index (χ3n) is 6.85. The number of amides is 1. The molecule has 8 nitrogen and oxygen atoms in total. The van der Waals surface area contributed by atoms with Crippen LogP contribution in [-0.4, -0.2) is 77.5 Å². The number of carbonyl (C=O) groups is 1. The van der Waals surface area contributed by atoms with Gasteiger partial charge in [-0.3, -0.25) is 14.4 Å². The third kappa shape index (κ3) is 4.69. The minimum Gasteiger partial charge on any atom is -0.424 e. The topological polar surface area (TPSA) is 89.7 Å². The van der Waals surface area contributed by atoms with Crippen molar-refractivity contribution >= 4 is 5.91 Å². The van der Waals surface area contributed by atoms with Crippen molar-refractivity contribution in [1.29, 1.82) is 0 Å². The van der Waals surface area contributed by atoms with E-state index in [1.807, 2.05) is 0 Å². The zero-order valence-electron chi connectivity index (χ0n) is 17.3. The largest absolute Gasteiger partial charge is 0.522 e. The van der Waals surface area contributed by atoms with Gasteiger partial charge in [0.05, 0.1) is 24.2 Å². The van der Waals surface area contributed by atoms with E-state index in [4.69, 9.17) is 9.15 Å². The van der Waals surface area contributed by atoms with Crippen LogP contribution in [0.1, 0.15) is 49.8 Å². The molecule has 5 fully saturated rings. The molecule has 0 spiro atoms. The summed E-state index contributed by atoms with van der Waals surface area (Å²) in [5, 5.41) is 11.0. The lowest BCUT2D eigenvalue weighted by atomic mass is 9.39. The maximum atomic E-state index is 12.3. The Morgan fingerprint density at radius 3 is 2.36 bits per heavy atom. The second-order valence-corrected chi connectivity index (χ2v) is 9.68. The van der Waals surface area contributed by atoms with Crippen LogP contribution < -0.4 is 5.32 Å². The second kappa shape index (κ2) is 7.54. The average Bonchev–Trinajstić information content (AvgIpc) is 3.01. The van der Waals surface area contributed by atoms with Gasteiger partial charge in [0.2, 0.25) is 17.7 Å². The highest BCUT2D eigenvalue weighted by molar-refractivity contribution is 5.79. The molecule has 2 bridgehead atoms. The van der Waals surface area contributed by atoms with Gasteiger partial charge >= 0.3 is 12.5 Å². The summed E-state index contributed by atoms with van der Waals surface area (Å²) < 4.78 is 88.6. The fraction of sp³-hybridized carbons (Fsp3) is 0.842. The number of hydrogen-bond acceptors (Lipinski definition) is 7. The molecule has 5 aliphatic rings. The second-order valence-electron chi connectivity index (χ2n) is 9.68. The highest BCUT2D eigenvalue weighted by Gasteiger charge is 2.72. The summed E-state index contributed by atoms with van der Waals surface area (Å²) in [6.45, 7) is -0.910. The summed E-state index contributed by atoms with van der Waals surface area (Å²) in [6, 6.07) is 0. The molecule has 1 amide bonds. The van der Waals surface area contributed by atoms with Crippen LogP contribution in [0, 0.1) is 0 Å². The van der Waals surface area contributed by atoms with Gasteiger partial charge in [-0.1, -0.05) is 0 Å². The van der Waals surface area contributed by atoms with Crippen LogP contribution in [0.5, 0.6) is 0 Å². The smallest absolute Gasteiger partial charge is 0.424 e. The van der Waals surface area contributed by atoms with Crippen LogP contribution in [0.25, 0.3) is 0 Å². The first-order chi connectivity index (χ1) is 15.3. The fourth-order valence-corrected chi connectivity index (χ4v) is 5.35. The molecule has 0 aromatic carbocycles. The molecular weight excluding hydrogens is 462 g/mol. The molecule has 4 aliphatic carbocycles. The Morgan fingerprint density at radius 2 is 1.76 bits per heavy atom. The number of nitrogens with zero attached hydrogens (tertiary/aromatic N) is 3. The Labute approximate surface area is 184 Å². The van der Waals surface area contributed by atoms with E-state index in [1.165, 1.54) is 4.90 Å². The van der Waals surface area contributed by atoms with Crippen LogP contribution in [0.3, 0.4) is 0 Å². The molecule has 1 aromatic heterocycles. The van der Waals surface area contributed by atoms with Gasteiger partial charge in [0.25, 0.3) is 0 Å². The highest BCUT2D eigenvalue weighted by Crippen LogP contribution is 2.67. The number of nitrogens with one attached hydrogen (secondary N) is 1. The van der Waals surface area contributed by atoms with Crippen molar-refractivity contribution < 1.29 is 45.0 Å². The first-order valence-electron chi connectivity index (χ1n) is 10.6. The third-order valence-corrected chi connectivity index (χ3v) is 6.85. The van der Waals surface area contributed by atoms with Crippen LogP contribution in [0.2, 0.25) is 0 Å². The maximum absolute atomic E-state index is 12.3. The Hall–Kier alpha value is -1.93. The summed E-state index contributed by atoms with van der Waals surface area (Å²) >= 11 is 0. The number of ether oxygens (including phenoxy) is 2. The van der Waals surface area contributed by atoms with E-state index in [1.54, 1.807) is 0 Å². The molecule has 0 unspecified atom stereocenters. The van der Waals surface area contributed by atoms with Crippen LogP contribution >= 0.6 is 0 Å². The van der Waals surface area contributed by atoms with E-state index in [2.05, 4.69) is 20.3 Å². The lowest BCUT2D eigenvalue weighted by molar-refractivity contribution is -0.352.